The minimum absolute atomic E-state index is 0.0852. The zero-order valence-electron chi connectivity index (χ0n) is 12.2. The van der Waals surface area contributed by atoms with Crippen molar-refractivity contribution in [3.63, 3.8) is 0 Å². The van der Waals surface area contributed by atoms with Gasteiger partial charge in [0.15, 0.2) is 0 Å². The van der Waals surface area contributed by atoms with Gasteiger partial charge in [-0.2, -0.15) is 0 Å². The highest BCUT2D eigenvalue weighted by atomic mass is 32.2. The molecule has 116 valence electrons. The van der Waals surface area contributed by atoms with Crippen LogP contribution < -0.4 is 5.32 Å². The Morgan fingerprint density at radius 1 is 1.52 bits per heavy atom. The van der Waals surface area contributed by atoms with Gasteiger partial charge in [0.05, 0.1) is 4.92 Å². The minimum atomic E-state index is -0.549. The predicted octanol–water partition coefficient (Wildman–Crippen LogP) is 2.46. The molecule has 7 heteroatoms. The summed E-state index contributed by atoms with van der Waals surface area (Å²) in [5, 5.41) is 22.6. The van der Waals surface area contributed by atoms with E-state index in [0.717, 1.165) is 17.7 Å². The van der Waals surface area contributed by atoms with E-state index in [1.165, 1.54) is 23.9 Å². The number of aliphatic hydroxyl groups is 1. The number of nitro benzene ring substituents is 1. The number of thioether (sulfide) groups is 1. The largest absolute Gasteiger partial charge is 0.396 e. The molecule has 1 amide bonds. The Labute approximate surface area is 128 Å². The van der Waals surface area contributed by atoms with Gasteiger partial charge in [0.2, 0.25) is 0 Å². The third-order valence-corrected chi connectivity index (χ3v) is 3.84. The summed E-state index contributed by atoms with van der Waals surface area (Å²) >= 11 is 1.43. The number of nitrogens with one attached hydrogen (secondary N) is 1. The van der Waals surface area contributed by atoms with E-state index in [1.807, 2.05) is 13.2 Å². The van der Waals surface area contributed by atoms with Crippen LogP contribution in [-0.2, 0) is 0 Å². The number of carbonyl (C=O) groups is 1. The number of benzene rings is 1. The number of hydrogen-bond donors (Lipinski definition) is 2. The minimum Gasteiger partial charge on any atom is -0.396 e. The first-order valence-electron chi connectivity index (χ1n) is 6.71. The lowest BCUT2D eigenvalue weighted by Crippen LogP contribution is -2.25. The monoisotopic (exact) mass is 312 g/mol. The zero-order chi connectivity index (χ0) is 15.8. The quantitative estimate of drug-likeness (QED) is 0.333. The lowest BCUT2D eigenvalue weighted by molar-refractivity contribution is -0.385. The Hall–Kier alpha value is -1.60. The summed E-state index contributed by atoms with van der Waals surface area (Å²) in [5.74, 6) is -0.245. The van der Waals surface area contributed by atoms with E-state index in [0.29, 0.717) is 6.54 Å². The zero-order valence-corrected chi connectivity index (χ0v) is 13.0. The number of nitro groups is 1. The van der Waals surface area contributed by atoms with E-state index in [9.17, 15) is 14.9 Å². The fourth-order valence-corrected chi connectivity index (χ4v) is 2.26. The molecule has 0 bridgehead atoms. The highest BCUT2D eigenvalue weighted by Crippen LogP contribution is 2.24. The second-order valence-electron chi connectivity index (χ2n) is 4.83. The van der Waals surface area contributed by atoms with E-state index in [1.54, 1.807) is 6.07 Å². The number of carbonyl (C=O) groups excluding carboxylic acids is 1. The fraction of sp³-hybridized carbons (Fsp3) is 0.500. The van der Waals surface area contributed by atoms with Gasteiger partial charge in [-0.15, -0.1) is 11.8 Å². The molecule has 2 N–H and O–H groups in total. The Morgan fingerprint density at radius 3 is 2.81 bits per heavy atom. The van der Waals surface area contributed by atoms with Crippen molar-refractivity contribution in [3.05, 3.63) is 33.9 Å². The van der Waals surface area contributed by atoms with Gasteiger partial charge in [-0.25, -0.2) is 0 Å². The van der Waals surface area contributed by atoms with Gasteiger partial charge in [-0.3, -0.25) is 14.9 Å². The van der Waals surface area contributed by atoms with E-state index in [4.69, 9.17) is 5.11 Å². The van der Waals surface area contributed by atoms with Crippen molar-refractivity contribution in [2.45, 2.75) is 24.7 Å². The smallest absolute Gasteiger partial charge is 0.282 e. The standard InChI is InChI=1S/C14H20N2O4S/c1-10(9-17)4-3-7-15-14(18)12-8-11(21-2)5-6-13(12)16(19)20/h5-6,8,10,17H,3-4,7,9H2,1-2H3,(H,15,18). The maximum Gasteiger partial charge on any atom is 0.282 e. The number of aliphatic hydroxyl groups excluding tert-OH is 1. The van der Waals surface area contributed by atoms with Crippen LogP contribution in [0.4, 0.5) is 5.69 Å². The van der Waals surface area contributed by atoms with Crippen LogP contribution in [0.15, 0.2) is 23.1 Å². The second-order valence-corrected chi connectivity index (χ2v) is 5.71. The van der Waals surface area contributed by atoms with Gasteiger partial charge >= 0.3 is 0 Å². The fourth-order valence-electron chi connectivity index (χ4n) is 1.82. The molecule has 0 fully saturated rings. The average Bonchev–Trinajstić information content (AvgIpc) is 2.50. The summed E-state index contributed by atoms with van der Waals surface area (Å²) in [6, 6.07) is 4.52. The van der Waals surface area contributed by atoms with Crippen LogP contribution in [0.2, 0.25) is 0 Å². The van der Waals surface area contributed by atoms with Crippen molar-refractivity contribution in [1.29, 1.82) is 0 Å². The first kappa shape index (κ1) is 17.5. The molecule has 1 unspecified atom stereocenters. The van der Waals surface area contributed by atoms with E-state index >= 15 is 0 Å². The van der Waals surface area contributed by atoms with Gasteiger partial charge in [0.1, 0.15) is 5.56 Å². The van der Waals surface area contributed by atoms with Crippen molar-refractivity contribution in [3.8, 4) is 0 Å². The molecule has 6 nitrogen and oxygen atoms in total. The Bertz CT molecular complexity index is 508. The SMILES string of the molecule is CSc1ccc([N+](=O)[O-])c(C(=O)NCCCC(C)CO)c1. The molecule has 21 heavy (non-hydrogen) atoms. The second kappa shape index (κ2) is 8.63. The lowest BCUT2D eigenvalue weighted by atomic mass is 10.1. The molecule has 0 radical (unpaired) electrons. The maximum atomic E-state index is 12.1. The molecule has 0 aliphatic rings. The maximum absolute atomic E-state index is 12.1. The number of rotatable bonds is 8. The van der Waals surface area contributed by atoms with Gasteiger partial charge in [0, 0.05) is 24.1 Å². The van der Waals surface area contributed by atoms with Crippen molar-refractivity contribution in [2.75, 3.05) is 19.4 Å². The molecule has 0 aliphatic heterocycles. The Morgan fingerprint density at radius 2 is 2.24 bits per heavy atom. The normalized spacial score (nSPS) is 12.0. The molecule has 0 heterocycles. The van der Waals surface area contributed by atoms with Gasteiger partial charge in [-0.05, 0) is 37.1 Å². The summed E-state index contributed by atoms with van der Waals surface area (Å²) in [7, 11) is 0. The average molecular weight is 312 g/mol. The number of nitrogens with zero attached hydrogens (tertiary/aromatic N) is 1. The Kier molecular flexibility index (Phi) is 7.18. The first-order chi connectivity index (χ1) is 9.99. The predicted molar refractivity (Wildman–Crippen MR) is 82.7 cm³/mol. The van der Waals surface area contributed by atoms with Crippen LogP contribution >= 0.6 is 11.8 Å². The molecular formula is C14H20N2O4S. The lowest BCUT2D eigenvalue weighted by Gasteiger charge is -2.09. The van der Waals surface area contributed by atoms with Crippen molar-refractivity contribution in [2.24, 2.45) is 5.92 Å². The Balaban J connectivity index is 2.70. The molecule has 0 aliphatic carbocycles. The molecule has 1 aromatic carbocycles. The number of hydrogen-bond acceptors (Lipinski definition) is 5. The summed E-state index contributed by atoms with van der Waals surface area (Å²) in [5.41, 5.74) is -0.101. The van der Waals surface area contributed by atoms with Crippen LogP contribution in [-0.4, -0.2) is 35.3 Å². The van der Waals surface area contributed by atoms with Crippen LogP contribution in [0.3, 0.4) is 0 Å². The number of amides is 1. The van der Waals surface area contributed by atoms with E-state index < -0.39 is 10.8 Å². The molecule has 1 rings (SSSR count). The van der Waals surface area contributed by atoms with E-state index in [-0.39, 0.29) is 23.8 Å². The van der Waals surface area contributed by atoms with Crippen LogP contribution in [0.5, 0.6) is 0 Å². The molecule has 0 aromatic heterocycles. The molecule has 1 atom stereocenters. The van der Waals surface area contributed by atoms with Gasteiger partial charge in [0.25, 0.3) is 11.6 Å². The molecule has 0 saturated heterocycles. The van der Waals surface area contributed by atoms with Gasteiger partial charge in [-0.1, -0.05) is 6.92 Å². The van der Waals surface area contributed by atoms with Crippen molar-refractivity contribution in [1.82, 2.24) is 5.32 Å². The summed E-state index contributed by atoms with van der Waals surface area (Å²) in [4.78, 5) is 23.3. The van der Waals surface area contributed by atoms with Crippen LogP contribution in [0.1, 0.15) is 30.1 Å². The topological polar surface area (TPSA) is 92.5 Å². The highest BCUT2D eigenvalue weighted by Gasteiger charge is 2.20. The molecular weight excluding hydrogens is 292 g/mol. The highest BCUT2D eigenvalue weighted by molar-refractivity contribution is 7.98. The van der Waals surface area contributed by atoms with Crippen LogP contribution in [0.25, 0.3) is 0 Å². The van der Waals surface area contributed by atoms with Crippen molar-refractivity contribution >= 4 is 23.4 Å². The first-order valence-corrected chi connectivity index (χ1v) is 7.93. The molecule has 0 saturated carbocycles. The third kappa shape index (κ3) is 5.35. The summed E-state index contributed by atoms with van der Waals surface area (Å²) in [6.07, 6.45) is 3.37. The molecule has 0 spiro atoms. The molecule has 1 aromatic rings. The summed E-state index contributed by atoms with van der Waals surface area (Å²) in [6.45, 7) is 2.48. The van der Waals surface area contributed by atoms with E-state index in [2.05, 4.69) is 5.32 Å². The summed E-state index contributed by atoms with van der Waals surface area (Å²) < 4.78 is 0. The van der Waals surface area contributed by atoms with Crippen LogP contribution in [0, 0.1) is 16.0 Å². The van der Waals surface area contributed by atoms with Crippen molar-refractivity contribution < 1.29 is 14.8 Å². The third-order valence-electron chi connectivity index (χ3n) is 3.12. The van der Waals surface area contributed by atoms with Gasteiger partial charge < -0.3 is 10.4 Å².